The number of aliphatic hydroxyl groups is 1. The number of imidazole rings is 1. The zero-order valence-electron chi connectivity index (χ0n) is 12.0. The Hall–Kier alpha value is -2.33. The Bertz CT molecular complexity index is 732. The van der Waals surface area contributed by atoms with E-state index in [1.54, 1.807) is 0 Å². The van der Waals surface area contributed by atoms with Crippen LogP contribution in [0.3, 0.4) is 0 Å². The Kier molecular flexibility index (Phi) is 3.88. The molecular formula is C17H18N2O2. The van der Waals surface area contributed by atoms with Crippen molar-refractivity contribution in [3.05, 3.63) is 59.9 Å². The molecule has 1 heterocycles. The highest BCUT2D eigenvalue weighted by molar-refractivity contribution is 5.75. The number of para-hydroxylation sites is 2. The molecule has 0 fully saturated rings. The standard InChI is InChI=1S/C17H18N2O2/c1-13-6-8-14(9-7-13)21-12-17-18-15-4-2-3-5-16(15)19(17)10-11-20/h2-9,20H,10-12H2,1H3. The molecule has 1 aromatic heterocycles. The monoisotopic (exact) mass is 282 g/mol. The van der Waals surface area contributed by atoms with Crippen LogP contribution in [0.2, 0.25) is 0 Å². The van der Waals surface area contributed by atoms with Gasteiger partial charge in [-0.3, -0.25) is 0 Å². The lowest BCUT2D eigenvalue weighted by Crippen LogP contribution is -2.09. The maximum atomic E-state index is 9.25. The molecule has 4 nitrogen and oxygen atoms in total. The van der Waals surface area contributed by atoms with E-state index in [9.17, 15) is 5.11 Å². The summed E-state index contributed by atoms with van der Waals surface area (Å²) in [7, 11) is 0. The van der Waals surface area contributed by atoms with Crippen molar-refractivity contribution in [2.75, 3.05) is 6.61 Å². The highest BCUT2D eigenvalue weighted by Crippen LogP contribution is 2.18. The minimum Gasteiger partial charge on any atom is -0.486 e. The minimum atomic E-state index is 0.0812. The summed E-state index contributed by atoms with van der Waals surface area (Å²) >= 11 is 0. The fraction of sp³-hybridized carbons (Fsp3) is 0.235. The van der Waals surface area contributed by atoms with Gasteiger partial charge in [0.25, 0.3) is 0 Å². The van der Waals surface area contributed by atoms with Crippen molar-refractivity contribution in [2.24, 2.45) is 0 Å². The molecule has 3 rings (SSSR count). The number of aromatic nitrogens is 2. The van der Waals surface area contributed by atoms with Crippen LogP contribution < -0.4 is 4.74 Å². The van der Waals surface area contributed by atoms with Crippen molar-refractivity contribution in [1.29, 1.82) is 0 Å². The quantitative estimate of drug-likeness (QED) is 0.782. The first-order chi connectivity index (χ1) is 10.3. The van der Waals surface area contributed by atoms with Gasteiger partial charge in [0, 0.05) is 6.54 Å². The van der Waals surface area contributed by atoms with Gasteiger partial charge in [0.2, 0.25) is 0 Å². The first kappa shape index (κ1) is 13.6. The van der Waals surface area contributed by atoms with Gasteiger partial charge in [0.05, 0.1) is 17.6 Å². The number of aliphatic hydroxyl groups excluding tert-OH is 1. The topological polar surface area (TPSA) is 47.3 Å². The SMILES string of the molecule is Cc1ccc(OCc2nc3ccccc3n2CCO)cc1. The molecule has 0 spiro atoms. The maximum Gasteiger partial charge on any atom is 0.148 e. The predicted molar refractivity (Wildman–Crippen MR) is 82.3 cm³/mol. The van der Waals surface area contributed by atoms with Crippen LogP contribution in [0.15, 0.2) is 48.5 Å². The zero-order chi connectivity index (χ0) is 14.7. The van der Waals surface area contributed by atoms with Crippen LogP contribution in [0, 0.1) is 6.92 Å². The maximum absolute atomic E-state index is 9.25. The Morgan fingerprint density at radius 1 is 1.10 bits per heavy atom. The van der Waals surface area contributed by atoms with E-state index in [2.05, 4.69) is 4.98 Å². The molecule has 0 saturated heterocycles. The molecular weight excluding hydrogens is 264 g/mol. The van der Waals surface area contributed by atoms with Gasteiger partial charge >= 0.3 is 0 Å². The predicted octanol–water partition coefficient (Wildman–Crippen LogP) is 2.92. The summed E-state index contributed by atoms with van der Waals surface area (Å²) in [5.41, 5.74) is 3.15. The number of rotatable bonds is 5. The normalized spacial score (nSPS) is 11.0. The third-order valence-electron chi connectivity index (χ3n) is 3.45. The van der Waals surface area contributed by atoms with Crippen LogP contribution in [-0.4, -0.2) is 21.3 Å². The van der Waals surface area contributed by atoms with Crippen LogP contribution in [0.5, 0.6) is 5.75 Å². The number of hydrogen-bond donors (Lipinski definition) is 1. The molecule has 0 aliphatic carbocycles. The summed E-state index contributed by atoms with van der Waals surface area (Å²) in [6.07, 6.45) is 0. The van der Waals surface area contributed by atoms with E-state index in [1.165, 1.54) is 5.56 Å². The van der Waals surface area contributed by atoms with Crippen LogP contribution in [0.25, 0.3) is 11.0 Å². The molecule has 0 radical (unpaired) electrons. The van der Waals surface area contributed by atoms with E-state index in [1.807, 2.05) is 60.0 Å². The average Bonchev–Trinajstić information content (AvgIpc) is 2.85. The number of hydrogen-bond acceptors (Lipinski definition) is 3. The summed E-state index contributed by atoms with van der Waals surface area (Å²) in [5, 5.41) is 9.25. The zero-order valence-corrected chi connectivity index (χ0v) is 12.0. The van der Waals surface area contributed by atoms with Crippen molar-refractivity contribution in [2.45, 2.75) is 20.1 Å². The fourth-order valence-electron chi connectivity index (χ4n) is 2.37. The Balaban J connectivity index is 1.85. The van der Waals surface area contributed by atoms with Crippen LogP contribution >= 0.6 is 0 Å². The molecule has 108 valence electrons. The molecule has 1 N–H and O–H groups in total. The second-order valence-corrected chi connectivity index (χ2v) is 4.99. The van der Waals surface area contributed by atoms with Gasteiger partial charge in [-0.05, 0) is 31.2 Å². The first-order valence-corrected chi connectivity index (χ1v) is 7.02. The van der Waals surface area contributed by atoms with Crippen molar-refractivity contribution in [3.8, 4) is 5.75 Å². The first-order valence-electron chi connectivity index (χ1n) is 7.02. The second-order valence-electron chi connectivity index (χ2n) is 4.99. The third-order valence-corrected chi connectivity index (χ3v) is 3.45. The van der Waals surface area contributed by atoms with Gasteiger partial charge in [0.1, 0.15) is 18.2 Å². The van der Waals surface area contributed by atoms with Gasteiger partial charge in [-0.25, -0.2) is 4.98 Å². The molecule has 0 aliphatic rings. The van der Waals surface area contributed by atoms with Gasteiger partial charge in [-0.1, -0.05) is 29.8 Å². The summed E-state index contributed by atoms with van der Waals surface area (Å²) in [4.78, 5) is 4.59. The Morgan fingerprint density at radius 3 is 2.62 bits per heavy atom. The van der Waals surface area contributed by atoms with E-state index >= 15 is 0 Å². The van der Waals surface area contributed by atoms with Gasteiger partial charge in [-0.2, -0.15) is 0 Å². The summed E-state index contributed by atoms with van der Waals surface area (Å²) in [6.45, 7) is 3.03. The number of aryl methyl sites for hydroxylation is 1. The summed E-state index contributed by atoms with van der Waals surface area (Å²) < 4.78 is 7.80. The second kappa shape index (κ2) is 5.97. The number of ether oxygens (including phenoxy) is 1. The van der Waals surface area contributed by atoms with Crippen molar-refractivity contribution in [3.63, 3.8) is 0 Å². The number of benzene rings is 2. The van der Waals surface area contributed by atoms with Crippen molar-refractivity contribution in [1.82, 2.24) is 9.55 Å². The smallest absolute Gasteiger partial charge is 0.148 e. The molecule has 0 bridgehead atoms. The van der Waals surface area contributed by atoms with E-state index in [4.69, 9.17) is 4.74 Å². The van der Waals surface area contributed by atoms with Gasteiger partial charge in [-0.15, -0.1) is 0 Å². The van der Waals surface area contributed by atoms with Crippen LogP contribution in [-0.2, 0) is 13.2 Å². The highest BCUT2D eigenvalue weighted by atomic mass is 16.5. The highest BCUT2D eigenvalue weighted by Gasteiger charge is 2.10. The molecule has 4 heteroatoms. The summed E-state index contributed by atoms with van der Waals surface area (Å²) in [5.74, 6) is 1.65. The molecule has 3 aromatic rings. The molecule has 0 unspecified atom stereocenters. The average molecular weight is 282 g/mol. The molecule has 0 atom stereocenters. The summed E-state index contributed by atoms with van der Waals surface area (Å²) in [6, 6.07) is 15.9. The van der Waals surface area contributed by atoms with E-state index in [0.717, 1.165) is 22.6 Å². The molecule has 0 saturated carbocycles. The molecule has 0 amide bonds. The number of fused-ring (bicyclic) bond motifs is 1. The van der Waals surface area contributed by atoms with Crippen LogP contribution in [0.1, 0.15) is 11.4 Å². The Labute approximate surface area is 123 Å². The molecule has 0 aliphatic heterocycles. The van der Waals surface area contributed by atoms with Crippen molar-refractivity contribution < 1.29 is 9.84 Å². The van der Waals surface area contributed by atoms with Gasteiger partial charge in [0.15, 0.2) is 0 Å². The van der Waals surface area contributed by atoms with Crippen molar-refractivity contribution >= 4 is 11.0 Å². The van der Waals surface area contributed by atoms with Gasteiger partial charge < -0.3 is 14.4 Å². The fourth-order valence-corrected chi connectivity index (χ4v) is 2.37. The Morgan fingerprint density at radius 2 is 1.86 bits per heavy atom. The molecule has 21 heavy (non-hydrogen) atoms. The van der Waals surface area contributed by atoms with E-state index in [-0.39, 0.29) is 6.61 Å². The number of nitrogens with zero attached hydrogens (tertiary/aromatic N) is 2. The molecule has 2 aromatic carbocycles. The lowest BCUT2D eigenvalue weighted by Gasteiger charge is -2.09. The van der Waals surface area contributed by atoms with E-state index < -0.39 is 0 Å². The van der Waals surface area contributed by atoms with Crippen LogP contribution in [0.4, 0.5) is 0 Å². The van der Waals surface area contributed by atoms with E-state index in [0.29, 0.717) is 13.2 Å². The lowest BCUT2D eigenvalue weighted by atomic mass is 10.2. The lowest BCUT2D eigenvalue weighted by molar-refractivity contribution is 0.260. The third kappa shape index (κ3) is 2.90. The largest absolute Gasteiger partial charge is 0.486 e. The minimum absolute atomic E-state index is 0.0812.